The number of allylic oxidation sites excluding steroid dienone is 1. The highest BCUT2D eigenvalue weighted by Gasteiger charge is 2.55. The molecule has 0 heterocycles. The predicted molar refractivity (Wildman–Crippen MR) is 192 cm³/mol. The van der Waals surface area contributed by atoms with Gasteiger partial charge in [-0.25, -0.2) is 0 Å². The normalized spacial score (nSPS) is 21.7. The minimum Gasteiger partial charge on any atom is -0.510 e. The minimum atomic E-state index is -1.34. The number of hydrogen-bond acceptors (Lipinski definition) is 11. The number of aromatic hydroxyl groups is 1. The number of nitrogens with zero attached hydrogens (tertiary/aromatic N) is 1. The maximum Gasteiger partial charge on any atom is 0.323 e. The molecule has 5 atom stereocenters. The maximum absolute atomic E-state index is 14.2. The average molecular weight is 710 g/mol. The number of carbonyl (C=O) groups excluding carboxylic acids is 4. The highest BCUT2D eigenvalue weighted by molar-refractivity contribution is 6.28. The summed E-state index contributed by atoms with van der Waals surface area (Å²) in [5.74, 6) is -6.25. The summed E-state index contributed by atoms with van der Waals surface area (Å²) in [5.41, 5.74) is 8.66. The second-order valence-electron chi connectivity index (χ2n) is 13.7. The van der Waals surface area contributed by atoms with Crippen LogP contribution in [0.1, 0.15) is 35.6 Å². The largest absolute Gasteiger partial charge is 0.510 e. The number of Topliss-reactive ketones (excluding diaryl/α,β-unsaturated/α-hetero) is 2. The lowest BCUT2D eigenvalue weighted by Gasteiger charge is -2.46. The third-order valence-electron chi connectivity index (χ3n) is 10.4. The monoisotopic (exact) mass is 709 g/mol. The standard InChI is InChI=1S/C40H43N3O9/c1-5-52-40(50)27(16-20-9-7-6-8-10-20)42-19-21-11-14-29(51-4)24(15-21)23-12-13-28(44)31-25(23)17-22-18-26-32(36(46)30(22)35(31)45)37(47)33(39(41)49)38(48)34(26)43(2)3/h6-15,22,26-27,32,34,42,44-45,48H,5,16-19H2,1-4H3,(H2,41,49)/t22?,26?,27?,32?,34-/m0/s1. The van der Waals surface area contributed by atoms with Gasteiger partial charge in [0.05, 0.1) is 31.2 Å². The Kier molecular flexibility index (Phi) is 10.2. The summed E-state index contributed by atoms with van der Waals surface area (Å²) in [4.78, 5) is 54.5. The Bertz CT molecular complexity index is 2000. The highest BCUT2D eigenvalue weighted by atomic mass is 16.5. The zero-order valence-corrected chi connectivity index (χ0v) is 29.5. The fraction of sp³-hybridized carbons (Fsp3) is 0.350. The van der Waals surface area contributed by atoms with Gasteiger partial charge >= 0.3 is 5.97 Å². The number of ketones is 2. The van der Waals surface area contributed by atoms with E-state index in [1.807, 2.05) is 48.5 Å². The molecule has 0 aromatic heterocycles. The molecule has 6 N–H and O–H groups in total. The fourth-order valence-corrected chi connectivity index (χ4v) is 8.17. The molecule has 3 aromatic carbocycles. The van der Waals surface area contributed by atoms with E-state index >= 15 is 0 Å². The first kappa shape index (κ1) is 36.3. The lowest BCUT2D eigenvalue weighted by Crippen LogP contribution is -2.55. The van der Waals surface area contributed by atoms with Gasteiger partial charge in [0, 0.05) is 17.7 Å². The first-order chi connectivity index (χ1) is 24.9. The SMILES string of the molecule is CCOC(=O)C(Cc1ccccc1)NCc1ccc(OC)c(-c2ccc(O)c3c2CC2CC4C(C(=O)C(C(N)=O)=C(O)[C@H]4N(C)C)C(=O)C2=C3O)c1. The van der Waals surface area contributed by atoms with E-state index in [0.717, 1.165) is 11.1 Å². The van der Waals surface area contributed by atoms with Gasteiger partial charge in [0.15, 0.2) is 11.6 Å². The van der Waals surface area contributed by atoms with Crippen molar-refractivity contribution >= 4 is 29.2 Å². The number of nitrogens with two attached hydrogens (primary N) is 1. The molecule has 1 amide bonds. The molecule has 12 heteroatoms. The van der Waals surface area contributed by atoms with Gasteiger partial charge in [-0.15, -0.1) is 0 Å². The number of fused-ring (bicyclic) bond motifs is 3. The Morgan fingerprint density at radius 2 is 1.71 bits per heavy atom. The minimum absolute atomic E-state index is 0.00519. The second kappa shape index (κ2) is 14.6. The number of esters is 1. The first-order valence-corrected chi connectivity index (χ1v) is 17.2. The van der Waals surface area contributed by atoms with Crippen LogP contribution in [0.25, 0.3) is 16.9 Å². The van der Waals surface area contributed by atoms with Crippen molar-refractivity contribution in [3.05, 3.63) is 99.8 Å². The van der Waals surface area contributed by atoms with E-state index in [9.17, 15) is 34.5 Å². The lowest BCUT2D eigenvalue weighted by molar-refractivity contribution is -0.145. The van der Waals surface area contributed by atoms with Crippen molar-refractivity contribution < 1.29 is 44.0 Å². The molecule has 0 aliphatic heterocycles. The number of rotatable bonds is 11. The van der Waals surface area contributed by atoms with E-state index in [0.29, 0.717) is 35.4 Å². The molecule has 272 valence electrons. The topological polar surface area (TPSA) is 189 Å². The van der Waals surface area contributed by atoms with Crippen LogP contribution in [0.4, 0.5) is 0 Å². The van der Waals surface area contributed by atoms with Crippen LogP contribution in [0.3, 0.4) is 0 Å². The number of carbonyl (C=O) groups is 4. The van der Waals surface area contributed by atoms with Crippen LogP contribution in [0, 0.1) is 17.8 Å². The summed E-state index contributed by atoms with van der Waals surface area (Å²) < 4.78 is 11.1. The summed E-state index contributed by atoms with van der Waals surface area (Å²) in [5, 5.41) is 37.2. The Morgan fingerprint density at radius 1 is 0.981 bits per heavy atom. The number of aliphatic hydroxyl groups excluding tert-OH is 2. The van der Waals surface area contributed by atoms with Crippen molar-refractivity contribution in [2.75, 3.05) is 27.8 Å². The number of hydrogen-bond donors (Lipinski definition) is 5. The number of likely N-dealkylation sites (N-methyl/N-ethyl adjacent to an activating group) is 1. The number of phenols is 1. The van der Waals surface area contributed by atoms with Crippen LogP contribution in [0.5, 0.6) is 11.5 Å². The van der Waals surface area contributed by atoms with Gasteiger partial charge in [0.25, 0.3) is 5.91 Å². The van der Waals surface area contributed by atoms with Crippen LogP contribution in [-0.2, 0) is 43.3 Å². The molecular weight excluding hydrogens is 666 g/mol. The van der Waals surface area contributed by atoms with Crippen molar-refractivity contribution in [1.82, 2.24) is 10.2 Å². The number of methoxy groups -OCH3 is 1. The summed E-state index contributed by atoms with van der Waals surface area (Å²) in [7, 11) is 4.89. The average Bonchev–Trinajstić information content (AvgIpc) is 3.10. The van der Waals surface area contributed by atoms with Gasteiger partial charge < -0.3 is 35.8 Å². The number of amides is 1. The van der Waals surface area contributed by atoms with Crippen LogP contribution < -0.4 is 15.8 Å². The van der Waals surface area contributed by atoms with Crippen molar-refractivity contribution in [1.29, 1.82) is 0 Å². The second-order valence-corrected chi connectivity index (χ2v) is 13.7. The Labute approximate surface area is 301 Å². The van der Waals surface area contributed by atoms with E-state index < -0.39 is 64.4 Å². The van der Waals surface area contributed by atoms with E-state index in [-0.39, 0.29) is 42.3 Å². The molecule has 12 nitrogen and oxygen atoms in total. The molecule has 1 fully saturated rings. The van der Waals surface area contributed by atoms with Crippen molar-refractivity contribution in [3.8, 4) is 22.6 Å². The van der Waals surface area contributed by atoms with Gasteiger partial charge in [-0.05, 0) is 92.6 Å². The quantitative estimate of drug-likeness (QED) is 0.111. The zero-order chi connectivity index (χ0) is 37.4. The van der Waals surface area contributed by atoms with Gasteiger partial charge in [-0.1, -0.05) is 42.5 Å². The van der Waals surface area contributed by atoms with Gasteiger partial charge in [0.2, 0.25) is 0 Å². The molecule has 3 aliphatic carbocycles. The molecule has 0 spiro atoms. The Balaban J connectivity index is 1.38. The summed E-state index contributed by atoms with van der Waals surface area (Å²) in [6.45, 7) is 2.33. The number of ether oxygens (including phenoxy) is 2. The molecule has 6 rings (SSSR count). The smallest absolute Gasteiger partial charge is 0.323 e. The van der Waals surface area contributed by atoms with E-state index in [1.54, 1.807) is 32.0 Å². The zero-order valence-electron chi connectivity index (χ0n) is 29.5. The number of aliphatic hydroxyl groups is 2. The number of benzene rings is 3. The van der Waals surface area contributed by atoms with Gasteiger partial charge in [-0.2, -0.15) is 0 Å². The van der Waals surface area contributed by atoms with Crippen LogP contribution in [0.2, 0.25) is 0 Å². The molecule has 0 saturated heterocycles. The van der Waals surface area contributed by atoms with Crippen LogP contribution in [0.15, 0.2) is 77.6 Å². The molecule has 3 aliphatic rings. The third kappa shape index (κ3) is 6.44. The molecular formula is C40H43N3O9. The van der Waals surface area contributed by atoms with Gasteiger partial charge in [-0.3, -0.25) is 24.1 Å². The Hall–Kier alpha value is -5.46. The summed E-state index contributed by atoms with van der Waals surface area (Å²) in [6, 6.07) is 17.0. The van der Waals surface area contributed by atoms with Crippen molar-refractivity contribution in [2.24, 2.45) is 23.5 Å². The molecule has 1 saturated carbocycles. The first-order valence-electron chi connectivity index (χ1n) is 17.2. The van der Waals surface area contributed by atoms with Crippen molar-refractivity contribution in [2.45, 2.75) is 44.8 Å². The third-order valence-corrected chi connectivity index (χ3v) is 10.4. The Morgan fingerprint density at radius 3 is 2.37 bits per heavy atom. The number of phenolic OH excluding ortho intramolecular Hbond substituents is 1. The van der Waals surface area contributed by atoms with Crippen LogP contribution >= 0.6 is 0 Å². The van der Waals surface area contributed by atoms with E-state index in [1.165, 1.54) is 13.2 Å². The van der Waals surface area contributed by atoms with Gasteiger partial charge in [0.1, 0.15) is 34.6 Å². The van der Waals surface area contributed by atoms with E-state index in [4.69, 9.17) is 15.2 Å². The van der Waals surface area contributed by atoms with E-state index in [2.05, 4.69) is 5.32 Å². The summed E-state index contributed by atoms with van der Waals surface area (Å²) >= 11 is 0. The molecule has 4 unspecified atom stereocenters. The molecule has 52 heavy (non-hydrogen) atoms. The fourth-order valence-electron chi connectivity index (χ4n) is 8.17. The lowest BCUT2D eigenvalue weighted by atomic mass is 9.59. The predicted octanol–water partition coefficient (Wildman–Crippen LogP) is 3.79. The van der Waals surface area contributed by atoms with Crippen LogP contribution in [-0.4, -0.2) is 83.6 Å². The number of primary amides is 1. The molecule has 0 bridgehead atoms. The molecule has 0 radical (unpaired) electrons. The number of nitrogens with one attached hydrogen (secondary N) is 1. The molecule has 3 aromatic rings. The summed E-state index contributed by atoms with van der Waals surface area (Å²) in [6.07, 6.45) is 0.886. The van der Waals surface area contributed by atoms with Crippen molar-refractivity contribution in [3.63, 3.8) is 0 Å². The highest BCUT2D eigenvalue weighted by Crippen LogP contribution is 2.52. The maximum atomic E-state index is 14.2.